The number of benzene rings is 1. The van der Waals surface area contributed by atoms with Gasteiger partial charge in [0.1, 0.15) is 0 Å². The number of rotatable bonds is 6. The van der Waals surface area contributed by atoms with Crippen LogP contribution in [0.2, 0.25) is 0 Å². The number of anilines is 1. The summed E-state index contributed by atoms with van der Waals surface area (Å²) in [6, 6.07) is 10.6. The van der Waals surface area contributed by atoms with Crippen LogP contribution in [0.1, 0.15) is 54.7 Å². The Bertz CT molecular complexity index is 946. The molecule has 1 aromatic carbocycles. The number of hydrogen-bond donors (Lipinski definition) is 1. The first-order chi connectivity index (χ1) is 13.8. The number of carbonyl (C=O) groups excluding carboxylic acids is 2. The Balaban J connectivity index is 2.11. The number of nitrogens with one attached hydrogen (secondary N) is 1. The number of amides is 2. The van der Waals surface area contributed by atoms with E-state index in [0.717, 1.165) is 28.4 Å². The molecule has 0 saturated carbocycles. The second-order valence-corrected chi connectivity index (χ2v) is 9.23. The molecule has 0 aliphatic heterocycles. The number of aromatic nitrogens is 2. The average Bonchev–Trinajstić information content (AvgIpc) is 3.38. The molecule has 0 radical (unpaired) electrons. The van der Waals surface area contributed by atoms with Gasteiger partial charge in [0.2, 0.25) is 5.91 Å². The summed E-state index contributed by atoms with van der Waals surface area (Å²) in [6.45, 7) is 7.83. The summed E-state index contributed by atoms with van der Waals surface area (Å²) in [6.07, 6.45) is 0.892. The zero-order valence-electron chi connectivity index (χ0n) is 16.9. The van der Waals surface area contributed by atoms with Gasteiger partial charge in [-0.05, 0) is 67.9 Å². The van der Waals surface area contributed by atoms with E-state index in [0.29, 0.717) is 5.69 Å². The highest BCUT2D eigenvalue weighted by atomic mass is 32.1. The molecule has 29 heavy (non-hydrogen) atoms. The van der Waals surface area contributed by atoms with Crippen LogP contribution in [0, 0.1) is 0 Å². The molecule has 2 amide bonds. The molecule has 0 saturated heterocycles. The third kappa shape index (κ3) is 5.07. The van der Waals surface area contributed by atoms with Crippen LogP contribution in [0.5, 0.6) is 0 Å². The van der Waals surface area contributed by atoms with Gasteiger partial charge in [-0.1, -0.05) is 29.6 Å². The van der Waals surface area contributed by atoms with E-state index in [1.54, 1.807) is 5.38 Å². The molecule has 6 nitrogen and oxygen atoms in total. The van der Waals surface area contributed by atoms with E-state index in [9.17, 15) is 9.59 Å². The van der Waals surface area contributed by atoms with Crippen LogP contribution in [-0.2, 0) is 11.2 Å². The fourth-order valence-electron chi connectivity index (χ4n) is 2.92. The maximum Gasteiger partial charge on any atom is 0.280 e. The van der Waals surface area contributed by atoms with Crippen molar-refractivity contribution in [2.24, 2.45) is 0 Å². The number of nitrogens with zero attached hydrogens (tertiary/aromatic N) is 3. The average molecular weight is 429 g/mol. The monoisotopic (exact) mass is 428 g/mol. The van der Waals surface area contributed by atoms with Crippen molar-refractivity contribution in [3.05, 3.63) is 63.3 Å². The van der Waals surface area contributed by atoms with Crippen LogP contribution in [0.25, 0.3) is 0 Å². The lowest BCUT2D eigenvalue weighted by atomic mass is 10.1. The van der Waals surface area contributed by atoms with Gasteiger partial charge in [-0.3, -0.25) is 14.5 Å². The molecule has 0 spiro atoms. The van der Waals surface area contributed by atoms with Gasteiger partial charge in [-0.25, -0.2) is 0 Å². The van der Waals surface area contributed by atoms with Crippen molar-refractivity contribution in [2.75, 3.05) is 4.90 Å². The summed E-state index contributed by atoms with van der Waals surface area (Å²) in [5.41, 5.74) is 1.58. The Kier molecular flexibility index (Phi) is 6.44. The first-order valence-electron chi connectivity index (χ1n) is 9.35. The minimum atomic E-state index is -0.809. The molecule has 0 fully saturated rings. The Morgan fingerprint density at radius 1 is 1.17 bits per heavy atom. The van der Waals surface area contributed by atoms with Gasteiger partial charge in [0.15, 0.2) is 11.7 Å². The van der Waals surface area contributed by atoms with E-state index >= 15 is 0 Å². The third-order valence-corrected chi connectivity index (χ3v) is 5.67. The maximum atomic E-state index is 13.4. The van der Waals surface area contributed by atoms with Crippen LogP contribution < -0.4 is 10.2 Å². The normalized spacial score (nSPS) is 12.4. The van der Waals surface area contributed by atoms with Crippen molar-refractivity contribution in [3.8, 4) is 0 Å². The SMILES string of the molecule is CCc1ccc(N(C(=O)c2csnn2)[C@H](C(=O)NC(C)(C)C)c2cccs2)cc1. The first kappa shape index (κ1) is 21.1. The second kappa shape index (κ2) is 8.84. The minimum absolute atomic E-state index is 0.222. The Hall–Kier alpha value is -2.58. The maximum absolute atomic E-state index is 13.4. The fourth-order valence-corrected chi connectivity index (χ4v) is 4.16. The van der Waals surface area contributed by atoms with E-state index in [2.05, 4.69) is 21.8 Å². The topological polar surface area (TPSA) is 75.2 Å². The van der Waals surface area contributed by atoms with Crippen LogP contribution in [0.4, 0.5) is 5.69 Å². The van der Waals surface area contributed by atoms with Gasteiger partial charge in [-0.15, -0.1) is 16.4 Å². The van der Waals surface area contributed by atoms with E-state index < -0.39 is 11.6 Å². The Labute approximate surface area is 178 Å². The summed E-state index contributed by atoms with van der Waals surface area (Å²) in [5.74, 6) is -0.596. The highest BCUT2D eigenvalue weighted by molar-refractivity contribution is 7.10. The van der Waals surface area contributed by atoms with Crippen LogP contribution >= 0.6 is 22.9 Å². The molecule has 0 aliphatic carbocycles. The van der Waals surface area contributed by atoms with Gasteiger partial charge < -0.3 is 5.32 Å². The molecular weight excluding hydrogens is 404 g/mol. The molecule has 8 heteroatoms. The van der Waals surface area contributed by atoms with E-state index in [1.807, 2.05) is 62.5 Å². The Morgan fingerprint density at radius 3 is 2.41 bits per heavy atom. The van der Waals surface area contributed by atoms with E-state index in [4.69, 9.17) is 0 Å². The first-order valence-corrected chi connectivity index (χ1v) is 11.1. The van der Waals surface area contributed by atoms with E-state index in [1.165, 1.54) is 16.2 Å². The molecule has 0 aliphatic rings. The zero-order chi connectivity index (χ0) is 21.0. The molecule has 0 unspecified atom stereocenters. The van der Waals surface area contributed by atoms with Crippen molar-refractivity contribution in [1.82, 2.24) is 14.9 Å². The second-order valence-electron chi connectivity index (χ2n) is 7.64. The largest absolute Gasteiger partial charge is 0.349 e. The lowest BCUT2D eigenvalue weighted by Gasteiger charge is -2.32. The van der Waals surface area contributed by atoms with Gasteiger partial charge in [0.25, 0.3) is 5.91 Å². The molecule has 1 atom stereocenters. The highest BCUT2D eigenvalue weighted by Crippen LogP contribution is 2.32. The molecule has 0 bridgehead atoms. The molecule has 2 heterocycles. The smallest absolute Gasteiger partial charge is 0.280 e. The van der Waals surface area contributed by atoms with Gasteiger partial charge in [0, 0.05) is 21.5 Å². The lowest BCUT2D eigenvalue weighted by Crippen LogP contribution is -2.49. The van der Waals surface area contributed by atoms with Crippen molar-refractivity contribution in [1.29, 1.82) is 0 Å². The summed E-state index contributed by atoms with van der Waals surface area (Å²) < 4.78 is 3.82. The fraction of sp³-hybridized carbons (Fsp3) is 0.333. The predicted octanol–water partition coefficient (Wildman–Crippen LogP) is 4.46. The van der Waals surface area contributed by atoms with Gasteiger partial charge >= 0.3 is 0 Å². The number of aryl methyl sites for hydroxylation is 1. The van der Waals surface area contributed by atoms with Crippen molar-refractivity contribution in [2.45, 2.75) is 45.7 Å². The van der Waals surface area contributed by atoms with Crippen molar-refractivity contribution < 1.29 is 9.59 Å². The molecule has 3 rings (SSSR count). The molecule has 3 aromatic rings. The summed E-state index contributed by atoms with van der Waals surface area (Å²) in [7, 11) is 0. The van der Waals surface area contributed by atoms with Gasteiger partial charge in [-0.2, -0.15) is 0 Å². The molecular formula is C21H24N4O2S2. The minimum Gasteiger partial charge on any atom is -0.349 e. The molecule has 2 aromatic heterocycles. The van der Waals surface area contributed by atoms with Crippen molar-refractivity contribution in [3.63, 3.8) is 0 Å². The van der Waals surface area contributed by atoms with E-state index in [-0.39, 0.29) is 17.5 Å². The molecule has 152 valence electrons. The van der Waals surface area contributed by atoms with Crippen LogP contribution in [0.15, 0.2) is 47.2 Å². The van der Waals surface area contributed by atoms with Crippen LogP contribution in [0.3, 0.4) is 0 Å². The summed E-state index contributed by atoms with van der Waals surface area (Å²) in [4.78, 5) is 29.1. The number of carbonyl (C=O) groups is 2. The summed E-state index contributed by atoms with van der Waals surface area (Å²) >= 11 is 2.55. The summed E-state index contributed by atoms with van der Waals surface area (Å²) in [5, 5.41) is 10.5. The number of thiophene rings is 1. The zero-order valence-corrected chi connectivity index (χ0v) is 18.5. The molecule has 1 N–H and O–H groups in total. The lowest BCUT2D eigenvalue weighted by molar-refractivity contribution is -0.123. The highest BCUT2D eigenvalue weighted by Gasteiger charge is 2.36. The van der Waals surface area contributed by atoms with Gasteiger partial charge in [0.05, 0.1) is 0 Å². The standard InChI is InChI=1S/C21H24N4O2S2/c1-5-14-8-10-15(11-9-14)25(20(27)16-13-29-24-23-16)18(17-7-6-12-28-17)19(26)22-21(2,3)4/h6-13,18H,5H2,1-4H3,(H,22,26)/t18-/m0/s1. The number of hydrogen-bond acceptors (Lipinski definition) is 6. The predicted molar refractivity (Wildman–Crippen MR) is 117 cm³/mol. The third-order valence-electron chi connectivity index (χ3n) is 4.24. The Morgan fingerprint density at radius 2 is 1.90 bits per heavy atom. The quantitative estimate of drug-likeness (QED) is 0.629. The van der Waals surface area contributed by atoms with Crippen molar-refractivity contribution >= 4 is 40.4 Å². The van der Waals surface area contributed by atoms with Crippen LogP contribution in [-0.4, -0.2) is 26.9 Å².